The fraction of sp³-hybridized carbons (Fsp3) is 0.250. The van der Waals surface area contributed by atoms with Crippen LogP contribution in [0.1, 0.15) is 5.56 Å². The Kier molecular flexibility index (Phi) is 6.94. The van der Waals surface area contributed by atoms with Gasteiger partial charge in [0.15, 0.2) is 11.6 Å². The second-order valence-corrected chi connectivity index (χ2v) is 9.62. The molecule has 42 heavy (non-hydrogen) atoms. The fourth-order valence-corrected chi connectivity index (χ4v) is 4.76. The smallest absolute Gasteiger partial charge is 0.246 e. The molecule has 1 saturated heterocycles. The van der Waals surface area contributed by atoms with E-state index in [0.717, 1.165) is 5.52 Å². The predicted molar refractivity (Wildman–Crippen MR) is 154 cm³/mol. The number of aromatic nitrogens is 7. The maximum Gasteiger partial charge on any atom is 0.246 e. The number of hydrogen-bond donors (Lipinski definition) is 1. The number of benzene rings is 2. The van der Waals surface area contributed by atoms with E-state index in [2.05, 4.69) is 37.2 Å². The van der Waals surface area contributed by atoms with Crippen LogP contribution in [0.2, 0.25) is 0 Å². The van der Waals surface area contributed by atoms with Crippen LogP contribution in [0.5, 0.6) is 17.2 Å². The van der Waals surface area contributed by atoms with Gasteiger partial charge in [0.05, 0.1) is 18.8 Å². The largest absolute Gasteiger partial charge is 0.494 e. The van der Waals surface area contributed by atoms with Crippen LogP contribution in [-0.2, 0) is 11.8 Å². The van der Waals surface area contributed by atoms with Gasteiger partial charge in [-0.25, -0.2) is 29.0 Å². The van der Waals surface area contributed by atoms with Crippen molar-refractivity contribution in [3.63, 3.8) is 0 Å². The monoisotopic (exact) mass is 570 g/mol. The number of anilines is 3. The highest BCUT2D eigenvalue weighted by atomic mass is 19.1. The van der Waals surface area contributed by atoms with Crippen LogP contribution in [0.4, 0.5) is 21.8 Å². The van der Waals surface area contributed by atoms with Crippen molar-refractivity contribution >= 4 is 45.4 Å². The summed E-state index contributed by atoms with van der Waals surface area (Å²) < 4.78 is 29.1. The summed E-state index contributed by atoms with van der Waals surface area (Å²) in [5.74, 6) is 1.02. The van der Waals surface area contributed by atoms with E-state index in [0.29, 0.717) is 54.4 Å². The number of amides is 1. The molecule has 1 N–H and O–H groups in total. The van der Waals surface area contributed by atoms with E-state index in [9.17, 15) is 4.79 Å². The third kappa shape index (κ3) is 4.87. The van der Waals surface area contributed by atoms with Crippen LogP contribution in [0.25, 0.3) is 22.1 Å². The summed E-state index contributed by atoms with van der Waals surface area (Å²) in [6.45, 7) is 7.31. The fourth-order valence-electron chi connectivity index (χ4n) is 4.76. The predicted octanol–water partition coefficient (Wildman–Crippen LogP) is 3.53. The summed E-state index contributed by atoms with van der Waals surface area (Å²) in [5, 5.41) is 11.2. The van der Waals surface area contributed by atoms with Gasteiger partial charge in [0.2, 0.25) is 11.9 Å². The van der Waals surface area contributed by atoms with Gasteiger partial charge in [-0.15, -0.1) is 5.10 Å². The molecule has 0 bridgehead atoms. The number of nitrogens with one attached hydrogen (secondary N) is 1. The zero-order chi connectivity index (χ0) is 29.4. The molecular formula is C28H27FN10O3. The van der Waals surface area contributed by atoms with E-state index in [1.165, 1.54) is 19.5 Å². The third-order valence-corrected chi connectivity index (χ3v) is 7.11. The topological polar surface area (TPSA) is 136 Å². The Hall–Kier alpha value is -5.40. The number of piperazine rings is 1. The van der Waals surface area contributed by atoms with Crippen LogP contribution >= 0.6 is 0 Å². The van der Waals surface area contributed by atoms with E-state index in [-0.39, 0.29) is 34.5 Å². The van der Waals surface area contributed by atoms with E-state index >= 15 is 4.39 Å². The highest BCUT2D eigenvalue weighted by molar-refractivity contribution is 5.89. The van der Waals surface area contributed by atoms with Gasteiger partial charge in [-0.1, -0.05) is 11.8 Å². The van der Waals surface area contributed by atoms with Crippen LogP contribution in [-0.4, -0.2) is 79.0 Å². The first-order valence-corrected chi connectivity index (χ1v) is 13.1. The van der Waals surface area contributed by atoms with Crippen molar-refractivity contribution in [2.75, 3.05) is 43.5 Å². The molecule has 6 rings (SSSR count). The maximum absolute atomic E-state index is 15.9. The van der Waals surface area contributed by atoms with Crippen molar-refractivity contribution < 1.29 is 18.7 Å². The number of carbonyl (C=O) groups excluding carboxylic acids is 1. The van der Waals surface area contributed by atoms with Gasteiger partial charge < -0.3 is 24.6 Å². The molecule has 0 spiro atoms. The number of nitrogens with zero attached hydrogens (tertiary/aromatic N) is 9. The summed E-state index contributed by atoms with van der Waals surface area (Å²) in [4.78, 5) is 33.4. The minimum absolute atomic E-state index is 0.0726. The van der Waals surface area contributed by atoms with Crippen LogP contribution in [0.15, 0.2) is 49.4 Å². The van der Waals surface area contributed by atoms with Crippen molar-refractivity contribution in [3.8, 4) is 17.2 Å². The molecule has 214 valence electrons. The number of methoxy groups -OCH3 is 1. The Balaban J connectivity index is 1.29. The quantitative estimate of drug-likeness (QED) is 0.288. The molecule has 0 atom stereocenters. The normalized spacial score (nSPS) is 13.4. The Bertz CT molecular complexity index is 1830. The SMILES string of the molecule is C=CC(=O)N1CCN(c2ncc3ncnc(Nc4c(OC)cc(Oc5ccc6c(c5)nnn6C)c(C)c4F)c3n2)CC1. The molecule has 2 aromatic carbocycles. The van der Waals surface area contributed by atoms with Crippen molar-refractivity contribution in [2.45, 2.75) is 6.92 Å². The van der Waals surface area contributed by atoms with Crippen molar-refractivity contribution in [3.05, 3.63) is 60.8 Å². The molecule has 14 heteroatoms. The molecule has 1 amide bonds. The van der Waals surface area contributed by atoms with Crippen molar-refractivity contribution in [1.29, 1.82) is 0 Å². The number of halogens is 1. The summed E-state index contributed by atoms with van der Waals surface area (Å²) in [6, 6.07) is 6.94. The number of fused-ring (bicyclic) bond motifs is 2. The molecule has 0 radical (unpaired) electrons. The lowest BCUT2D eigenvalue weighted by molar-refractivity contribution is -0.126. The van der Waals surface area contributed by atoms with E-state index in [1.54, 1.807) is 47.9 Å². The molecule has 0 aliphatic carbocycles. The second-order valence-electron chi connectivity index (χ2n) is 9.62. The Labute approximate surface area is 239 Å². The Morgan fingerprint density at radius 1 is 1.10 bits per heavy atom. The molecule has 4 heterocycles. The number of ether oxygens (including phenoxy) is 2. The lowest BCUT2D eigenvalue weighted by atomic mass is 10.1. The van der Waals surface area contributed by atoms with Gasteiger partial charge in [0.25, 0.3) is 0 Å². The first kappa shape index (κ1) is 26.8. The van der Waals surface area contributed by atoms with Gasteiger partial charge in [0, 0.05) is 50.9 Å². The number of rotatable bonds is 7. The lowest BCUT2D eigenvalue weighted by Gasteiger charge is -2.34. The Morgan fingerprint density at radius 2 is 1.90 bits per heavy atom. The first-order chi connectivity index (χ1) is 20.4. The zero-order valence-corrected chi connectivity index (χ0v) is 23.2. The Morgan fingerprint density at radius 3 is 2.67 bits per heavy atom. The molecule has 1 aliphatic rings. The molecule has 0 unspecified atom stereocenters. The number of hydrogen-bond acceptors (Lipinski definition) is 11. The van der Waals surface area contributed by atoms with E-state index in [1.807, 2.05) is 11.0 Å². The minimum atomic E-state index is -0.575. The molecule has 3 aromatic heterocycles. The third-order valence-electron chi connectivity index (χ3n) is 7.11. The minimum Gasteiger partial charge on any atom is -0.494 e. The molecule has 1 aliphatic heterocycles. The summed E-state index contributed by atoms with van der Waals surface area (Å²) in [6.07, 6.45) is 4.25. The average Bonchev–Trinajstić information content (AvgIpc) is 3.39. The second kappa shape index (κ2) is 10.9. The zero-order valence-electron chi connectivity index (χ0n) is 23.2. The van der Waals surface area contributed by atoms with Crippen LogP contribution < -0.4 is 19.7 Å². The van der Waals surface area contributed by atoms with Gasteiger partial charge in [-0.05, 0) is 25.1 Å². The van der Waals surface area contributed by atoms with E-state index < -0.39 is 5.82 Å². The summed E-state index contributed by atoms with van der Waals surface area (Å²) in [7, 11) is 3.24. The van der Waals surface area contributed by atoms with Crippen molar-refractivity contribution in [1.82, 2.24) is 39.8 Å². The van der Waals surface area contributed by atoms with Gasteiger partial charge in [0.1, 0.15) is 45.8 Å². The number of carbonyl (C=O) groups is 1. The molecule has 13 nitrogen and oxygen atoms in total. The summed E-state index contributed by atoms with van der Waals surface area (Å²) in [5.41, 5.74) is 2.72. The summed E-state index contributed by atoms with van der Waals surface area (Å²) >= 11 is 0. The maximum atomic E-state index is 15.9. The molecule has 1 fully saturated rings. The van der Waals surface area contributed by atoms with E-state index in [4.69, 9.17) is 14.5 Å². The molecular weight excluding hydrogens is 543 g/mol. The average molecular weight is 571 g/mol. The highest BCUT2D eigenvalue weighted by Gasteiger charge is 2.23. The van der Waals surface area contributed by atoms with Gasteiger partial charge >= 0.3 is 0 Å². The first-order valence-electron chi connectivity index (χ1n) is 13.1. The molecule has 0 saturated carbocycles. The lowest BCUT2D eigenvalue weighted by Crippen LogP contribution is -2.48. The van der Waals surface area contributed by atoms with Crippen LogP contribution in [0, 0.1) is 12.7 Å². The van der Waals surface area contributed by atoms with Crippen LogP contribution in [0.3, 0.4) is 0 Å². The van der Waals surface area contributed by atoms with Gasteiger partial charge in [-0.2, -0.15) is 0 Å². The standard InChI is InChI=1S/C28H27FN10O3/c1-5-23(40)38-8-10-39(11-9-38)28-30-14-19-25(34-28)27(32-15-31-19)33-26-22(41-4)13-21(16(2)24(26)29)42-17-6-7-20-18(12-17)35-36-37(20)3/h5-7,12-15H,1,8-11H2,2-4H3,(H,31,32,33). The van der Waals surface area contributed by atoms with Gasteiger partial charge in [-0.3, -0.25) is 4.79 Å². The van der Waals surface area contributed by atoms with Crippen molar-refractivity contribution in [2.24, 2.45) is 7.05 Å². The number of aryl methyl sites for hydroxylation is 1. The molecule has 5 aromatic rings. The highest BCUT2D eigenvalue weighted by Crippen LogP contribution is 2.40.